The molecule has 1 aliphatic carbocycles. The van der Waals surface area contributed by atoms with Crippen molar-refractivity contribution in [2.24, 2.45) is 5.92 Å². The third-order valence-corrected chi connectivity index (χ3v) is 3.96. The summed E-state index contributed by atoms with van der Waals surface area (Å²) in [5.41, 5.74) is 0.379. The lowest BCUT2D eigenvalue weighted by Gasteiger charge is -2.36. The van der Waals surface area contributed by atoms with Crippen LogP contribution in [-0.2, 0) is 4.74 Å². The van der Waals surface area contributed by atoms with Crippen LogP contribution in [0.4, 0.5) is 4.39 Å². The molecule has 1 saturated carbocycles. The van der Waals surface area contributed by atoms with Gasteiger partial charge in [0.05, 0.1) is 12.2 Å². The van der Waals surface area contributed by atoms with E-state index in [-0.39, 0.29) is 5.82 Å². The largest absolute Gasteiger partial charge is 0.388 e. The lowest BCUT2D eigenvalue weighted by Crippen LogP contribution is -2.32. The molecule has 0 heterocycles. The summed E-state index contributed by atoms with van der Waals surface area (Å²) in [5.74, 6) is 0.0984. The third kappa shape index (κ3) is 3.31. The van der Waals surface area contributed by atoms with Gasteiger partial charge in [0.1, 0.15) is 5.82 Å². The van der Waals surface area contributed by atoms with E-state index in [2.05, 4.69) is 15.9 Å². The van der Waals surface area contributed by atoms with E-state index in [0.29, 0.717) is 24.0 Å². The number of aliphatic hydroxyl groups excluding tert-OH is 1. The fourth-order valence-electron chi connectivity index (χ4n) is 2.45. The molecule has 100 valence electrons. The summed E-state index contributed by atoms with van der Waals surface area (Å²) >= 11 is 3.29. The highest BCUT2D eigenvalue weighted by Crippen LogP contribution is 2.37. The van der Waals surface area contributed by atoms with Crippen LogP contribution in [0.3, 0.4) is 0 Å². The number of benzene rings is 1. The minimum Gasteiger partial charge on any atom is -0.388 e. The van der Waals surface area contributed by atoms with Gasteiger partial charge in [-0.25, -0.2) is 4.39 Å². The van der Waals surface area contributed by atoms with Gasteiger partial charge in [-0.1, -0.05) is 15.9 Å². The van der Waals surface area contributed by atoms with Crippen LogP contribution in [0.5, 0.6) is 0 Å². The van der Waals surface area contributed by atoms with Crippen molar-refractivity contribution in [3.63, 3.8) is 0 Å². The van der Waals surface area contributed by atoms with Crippen molar-refractivity contribution in [1.82, 2.24) is 0 Å². The first kappa shape index (κ1) is 14.0. The predicted octanol–water partition coefficient (Wildman–Crippen LogP) is 3.83. The van der Waals surface area contributed by atoms with Gasteiger partial charge >= 0.3 is 0 Å². The number of halogens is 2. The molecule has 1 unspecified atom stereocenters. The van der Waals surface area contributed by atoms with E-state index in [0.717, 1.165) is 23.9 Å². The lowest BCUT2D eigenvalue weighted by atomic mass is 9.78. The van der Waals surface area contributed by atoms with Gasteiger partial charge in [0.15, 0.2) is 0 Å². The Bertz CT molecular complexity index is 405. The van der Waals surface area contributed by atoms with Crippen molar-refractivity contribution >= 4 is 15.9 Å². The van der Waals surface area contributed by atoms with Gasteiger partial charge in [-0.15, -0.1) is 0 Å². The number of hydrogen-bond donors (Lipinski definition) is 1. The Morgan fingerprint density at radius 3 is 2.89 bits per heavy atom. The standard InChI is InChI=1S/C14H18BrFO2/c1-2-18-11-5-9(6-11)7-14(17)12-8-10(15)3-4-13(12)16/h3-4,8-9,11,14,17H,2,5-7H2,1H3. The van der Waals surface area contributed by atoms with Gasteiger partial charge in [0, 0.05) is 16.6 Å². The van der Waals surface area contributed by atoms with E-state index in [4.69, 9.17) is 4.74 Å². The van der Waals surface area contributed by atoms with E-state index in [1.807, 2.05) is 6.92 Å². The van der Waals surface area contributed by atoms with E-state index in [1.165, 1.54) is 6.07 Å². The summed E-state index contributed by atoms with van der Waals surface area (Å²) in [6.45, 7) is 2.72. The molecule has 1 atom stereocenters. The Kier molecular flexibility index (Phi) is 4.76. The van der Waals surface area contributed by atoms with Crippen molar-refractivity contribution in [2.45, 2.75) is 38.4 Å². The Hall–Kier alpha value is -0.450. The van der Waals surface area contributed by atoms with Crippen molar-refractivity contribution in [2.75, 3.05) is 6.61 Å². The fourth-order valence-corrected chi connectivity index (χ4v) is 2.83. The zero-order valence-corrected chi connectivity index (χ0v) is 12.0. The van der Waals surface area contributed by atoms with E-state index < -0.39 is 6.10 Å². The second kappa shape index (κ2) is 6.13. The lowest BCUT2D eigenvalue weighted by molar-refractivity contribution is -0.0382. The van der Waals surface area contributed by atoms with Crippen LogP contribution in [-0.4, -0.2) is 17.8 Å². The molecule has 1 aromatic rings. The zero-order valence-electron chi connectivity index (χ0n) is 10.4. The molecule has 1 N–H and O–H groups in total. The van der Waals surface area contributed by atoms with Crippen LogP contribution < -0.4 is 0 Å². The molecule has 0 saturated heterocycles. The molecule has 0 amide bonds. The highest BCUT2D eigenvalue weighted by atomic mass is 79.9. The van der Waals surface area contributed by atoms with Gasteiger partial charge in [-0.3, -0.25) is 0 Å². The highest BCUT2D eigenvalue weighted by Gasteiger charge is 2.31. The monoisotopic (exact) mass is 316 g/mol. The second-order valence-electron chi connectivity index (χ2n) is 4.83. The maximum Gasteiger partial charge on any atom is 0.129 e. The molecule has 2 rings (SSSR count). The molecular formula is C14H18BrFO2. The molecule has 0 bridgehead atoms. The Labute approximate surface area is 115 Å². The minimum atomic E-state index is -0.727. The molecule has 4 heteroatoms. The summed E-state index contributed by atoms with van der Waals surface area (Å²) in [5, 5.41) is 10.1. The number of rotatable bonds is 5. The van der Waals surface area contributed by atoms with Crippen molar-refractivity contribution in [3.8, 4) is 0 Å². The first-order valence-electron chi connectivity index (χ1n) is 6.34. The van der Waals surface area contributed by atoms with E-state index >= 15 is 0 Å². The molecule has 1 aromatic carbocycles. The molecule has 0 spiro atoms. The zero-order chi connectivity index (χ0) is 13.1. The smallest absolute Gasteiger partial charge is 0.129 e. The Balaban J connectivity index is 1.89. The van der Waals surface area contributed by atoms with Crippen LogP contribution in [0.1, 0.15) is 37.9 Å². The molecule has 2 nitrogen and oxygen atoms in total. The van der Waals surface area contributed by atoms with Gasteiger partial charge < -0.3 is 9.84 Å². The average Bonchev–Trinajstić information content (AvgIpc) is 2.29. The number of hydrogen-bond acceptors (Lipinski definition) is 2. The number of aliphatic hydroxyl groups is 1. The van der Waals surface area contributed by atoms with Crippen LogP contribution in [0, 0.1) is 11.7 Å². The summed E-state index contributed by atoms with van der Waals surface area (Å²) in [6, 6.07) is 4.67. The van der Waals surface area contributed by atoms with Crippen LogP contribution in [0.25, 0.3) is 0 Å². The molecule has 18 heavy (non-hydrogen) atoms. The first-order valence-corrected chi connectivity index (χ1v) is 7.14. The maximum absolute atomic E-state index is 13.6. The van der Waals surface area contributed by atoms with Gasteiger partial charge in [0.2, 0.25) is 0 Å². The van der Waals surface area contributed by atoms with Crippen LogP contribution >= 0.6 is 15.9 Å². The molecule has 1 aliphatic rings. The maximum atomic E-state index is 13.6. The normalized spacial score (nSPS) is 24.7. The van der Waals surface area contributed by atoms with Crippen molar-refractivity contribution in [3.05, 3.63) is 34.1 Å². The summed E-state index contributed by atoms with van der Waals surface area (Å²) < 4.78 is 19.8. The Morgan fingerprint density at radius 1 is 1.50 bits per heavy atom. The quantitative estimate of drug-likeness (QED) is 0.894. The summed E-state index contributed by atoms with van der Waals surface area (Å²) in [4.78, 5) is 0. The molecule has 1 fully saturated rings. The van der Waals surface area contributed by atoms with Crippen LogP contribution in [0.2, 0.25) is 0 Å². The molecule has 0 aromatic heterocycles. The predicted molar refractivity (Wildman–Crippen MR) is 71.8 cm³/mol. The van der Waals surface area contributed by atoms with Crippen molar-refractivity contribution in [1.29, 1.82) is 0 Å². The van der Waals surface area contributed by atoms with Crippen LogP contribution in [0.15, 0.2) is 22.7 Å². The van der Waals surface area contributed by atoms with E-state index in [9.17, 15) is 9.50 Å². The first-order chi connectivity index (χ1) is 8.60. The van der Waals surface area contributed by atoms with Gasteiger partial charge in [-0.2, -0.15) is 0 Å². The summed E-state index contributed by atoms with van der Waals surface area (Å²) in [6.07, 6.45) is 2.16. The third-order valence-electron chi connectivity index (χ3n) is 3.47. The highest BCUT2D eigenvalue weighted by molar-refractivity contribution is 9.10. The minimum absolute atomic E-state index is 0.333. The topological polar surface area (TPSA) is 29.5 Å². The van der Waals surface area contributed by atoms with Crippen molar-refractivity contribution < 1.29 is 14.2 Å². The SMILES string of the molecule is CCOC1CC(CC(O)c2cc(Br)ccc2F)C1. The molecular weight excluding hydrogens is 299 g/mol. The molecule has 0 radical (unpaired) electrons. The van der Waals surface area contributed by atoms with Gasteiger partial charge in [0.25, 0.3) is 0 Å². The number of ether oxygens (including phenoxy) is 1. The Morgan fingerprint density at radius 2 is 2.22 bits per heavy atom. The second-order valence-corrected chi connectivity index (χ2v) is 5.75. The van der Waals surface area contributed by atoms with Gasteiger partial charge in [-0.05, 0) is 50.3 Å². The fraction of sp³-hybridized carbons (Fsp3) is 0.571. The average molecular weight is 317 g/mol. The summed E-state index contributed by atoms with van der Waals surface area (Å²) in [7, 11) is 0. The molecule has 0 aliphatic heterocycles. The van der Waals surface area contributed by atoms with E-state index in [1.54, 1.807) is 12.1 Å².